The van der Waals surface area contributed by atoms with Gasteiger partial charge in [-0.15, -0.1) is 0 Å². The van der Waals surface area contributed by atoms with E-state index in [0.29, 0.717) is 0 Å². The van der Waals surface area contributed by atoms with Gasteiger partial charge in [-0.25, -0.2) is 4.57 Å². The number of hydrogen-bond donors (Lipinski definition) is 7. The Morgan fingerprint density at radius 3 is 1.89 bits per heavy atom. The molecule has 0 aliphatic carbocycles. The fourth-order valence-electron chi connectivity index (χ4n) is 1.26. The van der Waals surface area contributed by atoms with E-state index >= 15 is 0 Å². The van der Waals surface area contributed by atoms with Gasteiger partial charge in [0.05, 0.1) is 6.61 Å². The van der Waals surface area contributed by atoms with E-state index in [1.54, 1.807) is 0 Å². The van der Waals surface area contributed by atoms with Gasteiger partial charge in [-0.2, -0.15) is 0 Å². The van der Waals surface area contributed by atoms with Gasteiger partial charge in [-0.05, 0) is 0 Å². The standard InChI is InChI=1S/C7H14O6.H3O4P/c1-12-7-6(11)5(10)4(9)3(2-8)13-7;1-5(2,3)4/h3-11H,2H2,1H3;(H3,1,2,3,4)/t3-,4-,5+,6+,7+;/m1./s1. The van der Waals surface area contributed by atoms with Crippen molar-refractivity contribution in [2.45, 2.75) is 30.7 Å². The van der Waals surface area contributed by atoms with Gasteiger partial charge < -0.3 is 44.6 Å². The molecular formula is C7H17O10P. The summed E-state index contributed by atoms with van der Waals surface area (Å²) in [5.74, 6) is 0. The molecule has 0 amide bonds. The molecule has 0 aromatic heterocycles. The summed E-state index contributed by atoms with van der Waals surface area (Å²) >= 11 is 0. The van der Waals surface area contributed by atoms with Gasteiger partial charge in [0.2, 0.25) is 0 Å². The summed E-state index contributed by atoms with van der Waals surface area (Å²) in [4.78, 5) is 21.6. The van der Waals surface area contributed by atoms with Crippen LogP contribution in [0.1, 0.15) is 0 Å². The molecule has 11 heteroatoms. The molecule has 1 fully saturated rings. The van der Waals surface area contributed by atoms with Crippen LogP contribution in [0.2, 0.25) is 0 Å². The van der Waals surface area contributed by atoms with E-state index in [4.69, 9.17) is 33.8 Å². The quantitative estimate of drug-likeness (QED) is 0.253. The zero-order valence-electron chi connectivity index (χ0n) is 9.40. The highest BCUT2D eigenvalue weighted by Gasteiger charge is 2.43. The zero-order chi connectivity index (χ0) is 14.5. The molecule has 1 heterocycles. The van der Waals surface area contributed by atoms with Gasteiger partial charge >= 0.3 is 7.82 Å². The number of phosphoric acid groups is 1. The van der Waals surface area contributed by atoms with Crippen molar-refractivity contribution in [2.75, 3.05) is 13.7 Å². The van der Waals surface area contributed by atoms with Crippen molar-refractivity contribution in [3.63, 3.8) is 0 Å². The summed E-state index contributed by atoms with van der Waals surface area (Å²) in [5.41, 5.74) is 0. The van der Waals surface area contributed by atoms with E-state index < -0.39 is 45.1 Å². The van der Waals surface area contributed by atoms with Crippen LogP contribution < -0.4 is 0 Å². The monoisotopic (exact) mass is 292 g/mol. The van der Waals surface area contributed by atoms with Crippen LogP contribution in [-0.2, 0) is 14.0 Å². The Bertz CT molecular complexity index is 251. The lowest BCUT2D eigenvalue weighted by atomic mass is 9.99. The minimum Gasteiger partial charge on any atom is -0.394 e. The number of ether oxygens (including phenoxy) is 2. The Labute approximate surface area is 102 Å². The highest BCUT2D eigenvalue weighted by molar-refractivity contribution is 7.45. The molecule has 7 N–H and O–H groups in total. The molecule has 1 aliphatic rings. The van der Waals surface area contributed by atoms with Gasteiger partial charge in [0.25, 0.3) is 0 Å². The summed E-state index contributed by atoms with van der Waals surface area (Å²) in [6.45, 7) is -0.440. The molecule has 10 nitrogen and oxygen atoms in total. The smallest absolute Gasteiger partial charge is 0.394 e. The first-order valence-electron chi connectivity index (χ1n) is 4.73. The van der Waals surface area contributed by atoms with Crippen LogP contribution in [0, 0.1) is 0 Å². The summed E-state index contributed by atoms with van der Waals surface area (Å²) in [7, 11) is -3.34. The Kier molecular flexibility index (Phi) is 7.40. The third-order valence-electron chi connectivity index (χ3n) is 2.08. The van der Waals surface area contributed by atoms with E-state index in [1.807, 2.05) is 0 Å². The second-order valence-corrected chi connectivity index (χ2v) is 4.47. The van der Waals surface area contributed by atoms with E-state index in [2.05, 4.69) is 0 Å². The fourth-order valence-corrected chi connectivity index (χ4v) is 1.26. The number of hydrogen-bond acceptors (Lipinski definition) is 7. The molecule has 110 valence electrons. The van der Waals surface area contributed by atoms with Crippen LogP contribution >= 0.6 is 7.82 Å². The number of rotatable bonds is 2. The first-order chi connectivity index (χ1) is 8.11. The van der Waals surface area contributed by atoms with E-state index in [-0.39, 0.29) is 0 Å². The maximum absolute atomic E-state index is 9.28. The van der Waals surface area contributed by atoms with Crippen LogP contribution in [0.25, 0.3) is 0 Å². The molecule has 1 rings (SSSR count). The summed E-state index contributed by atoms with van der Waals surface area (Å²) < 4.78 is 18.5. The largest absolute Gasteiger partial charge is 0.466 e. The first-order valence-corrected chi connectivity index (χ1v) is 6.30. The third-order valence-corrected chi connectivity index (χ3v) is 2.08. The van der Waals surface area contributed by atoms with E-state index in [1.165, 1.54) is 7.11 Å². The lowest BCUT2D eigenvalue weighted by Gasteiger charge is -2.38. The molecule has 0 saturated carbocycles. The van der Waals surface area contributed by atoms with Crippen molar-refractivity contribution in [3.05, 3.63) is 0 Å². The number of methoxy groups -OCH3 is 1. The lowest BCUT2D eigenvalue weighted by Crippen LogP contribution is -2.58. The lowest BCUT2D eigenvalue weighted by molar-refractivity contribution is -0.294. The van der Waals surface area contributed by atoms with Crippen LogP contribution in [0.4, 0.5) is 0 Å². The van der Waals surface area contributed by atoms with Crippen molar-refractivity contribution >= 4 is 7.82 Å². The van der Waals surface area contributed by atoms with Gasteiger partial charge in [0.15, 0.2) is 6.29 Å². The minimum absolute atomic E-state index is 0.440. The predicted octanol–water partition coefficient (Wildman–Crippen LogP) is -3.50. The first kappa shape index (κ1) is 17.9. The summed E-state index contributed by atoms with van der Waals surface area (Å²) in [6.07, 6.45) is -5.91. The molecule has 0 unspecified atom stereocenters. The average molecular weight is 292 g/mol. The highest BCUT2D eigenvalue weighted by Crippen LogP contribution is 2.25. The van der Waals surface area contributed by atoms with Crippen LogP contribution in [0.3, 0.4) is 0 Å². The molecule has 1 saturated heterocycles. The van der Waals surface area contributed by atoms with E-state index in [9.17, 15) is 15.3 Å². The molecule has 0 aromatic rings. The second-order valence-electron chi connectivity index (χ2n) is 3.45. The van der Waals surface area contributed by atoms with Crippen LogP contribution in [0.5, 0.6) is 0 Å². The minimum atomic E-state index is -4.64. The van der Waals surface area contributed by atoms with Crippen molar-refractivity contribution in [3.8, 4) is 0 Å². The number of aliphatic hydroxyl groups is 4. The van der Waals surface area contributed by atoms with Crippen LogP contribution in [0.15, 0.2) is 0 Å². The third kappa shape index (κ3) is 6.16. The highest BCUT2D eigenvalue weighted by atomic mass is 31.2. The van der Waals surface area contributed by atoms with Gasteiger partial charge in [-0.3, -0.25) is 0 Å². The molecule has 0 spiro atoms. The molecule has 0 radical (unpaired) electrons. The van der Waals surface area contributed by atoms with Gasteiger partial charge in [0.1, 0.15) is 24.4 Å². The maximum atomic E-state index is 9.28. The number of aliphatic hydroxyl groups excluding tert-OH is 4. The second kappa shape index (κ2) is 7.46. The molecule has 1 aliphatic heterocycles. The fraction of sp³-hybridized carbons (Fsp3) is 1.00. The molecule has 5 atom stereocenters. The maximum Gasteiger partial charge on any atom is 0.466 e. The molecule has 0 aromatic carbocycles. The molecule has 18 heavy (non-hydrogen) atoms. The Balaban J connectivity index is 0.000000494. The van der Waals surface area contributed by atoms with Crippen molar-refractivity contribution in [1.29, 1.82) is 0 Å². The molecular weight excluding hydrogens is 275 g/mol. The Hall–Kier alpha value is -0.130. The van der Waals surface area contributed by atoms with Crippen LogP contribution in [-0.4, -0.2) is 79.5 Å². The van der Waals surface area contributed by atoms with Gasteiger partial charge in [0, 0.05) is 7.11 Å². The zero-order valence-corrected chi connectivity index (χ0v) is 10.3. The Morgan fingerprint density at radius 1 is 1.11 bits per heavy atom. The predicted molar refractivity (Wildman–Crippen MR) is 55.0 cm³/mol. The normalized spacial score (nSPS) is 36.8. The topological polar surface area (TPSA) is 177 Å². The summed E-state index contributed by atoms with van der Waals surface area (Å²) in [5, 5.41) is 36.6. The SMILES string of the molecule is CO[C@H]1O[C@H](CO)[C@@H](O)[C@H](O)[C@@H]1O.O=P(O)(O)O. The van der Waals surface area contributed by atoms with Crippen molar-refractivity contribution in [2.24, 2.45) is 0 Å². The average Bonchev–Trinajstić information content (AvgIpc) is 2.24. The van der Waals surface area contributed by atoms with E-state index in [0.717, 1.165) is 0 Å². The summed E-state index contributed by atoms with van der Waals surface area (Å²) in [6, 6.07) is 0. The Morgan fingerprint density at radius 2 is 1.56 bits per heavy atom. The van der Waals surface area contributed by atoms with Crippen molar-refractivity contribution < 1.29 is 49.1 Å². The van der Waals surface area contributed by atoms with Crippen molar-refractivity contribution in [1.82, 2.24) is 0 Å². The van der Waals surface area contributed by atoms with Gasteiger partial charge in [-0.1, -0.05) is 0 Å². The molecule has 0 bridgehead atoms.